The van der Waals surface area contributed by atoms with Gasteiger partial charge in [0.25, 0.3) is 0 Å². The second kappa shape index (κ2) is 2.12. The maximum Gasteiger partial charge on any atom is 0.439 e. The highest BCUT2D eigenvalue weighted by molar-refractivity contribution is 5.50. The molecule has 0 aliphatic rings. The lowest BCUT2D eigenvalue weighted by molar-refractivity contribution is 0.388. The van der Waals surface area contributed by atoms with Gasteiger partial charge in [-0.3, -0.25) is 9.51 Å². The Balaban J connectivity index is 2.53. The van der Waals surface area contributed by atoms with E-state index in [0.29, 0.717) is 11.4 Å². The Bertz CT molecular complexity index is 384. The van der Waals surface area contributed by atoms with Crippen LogP contribution in [0, 0.1) is 0 Å². The van der Waals surface area contributed by atoms with Crippen LogP contribution in [0.2, 0.25) is 0 Å². The molecule has 0 saturated heterocycles. The maximum absolute atomic E-state index is 10.5. The third-order valence-electron chi connectivity index (χ3n) is 1.23. The Morgan fingerprint density at radius 3 is 3.00 bits per heavy atom. The van der Waals surface area contributed by atoms with Crippen LogP contribution in [0.5, 0.6) is 0 Å². The molecular formula is C6H4N2O3. The number of hydrogen-bond acceptors (Lipinski definition) is 4. The SMILES string of the molecule is O=c1[nH]c(-c2ccoc2)no1. The van der Waals surface area contributed by atoms with Crippen LogP contribution in [-0.4, -0.2) is 10.1 Å². The molecule has 0 radical (unpaired) electrons. The van der Waals surface area contributed by atoms with Gasteiger partial charge in [-0.25, -0.2) is 4.79 Å². The lowest BCUT2D eigenvalue weighted by Gasteiger charge is -1.80. The first-order valence-electron chi connectivity index (χ1n) is 2.95. The van der Waals surface area contributed by atoms with Gasteiger partial charge in [0.2, 0.25) is 0 Å². The van der Waals surface area contributed by atoms with E-state index in [1.807, 2.05) is 0 Å². The summed E-state index contributed by atoms with van der Waals surface area (Å²) in [4.78, 5) is 12.9. The number of nitrogens with one attached hydrogen (secondary N) is 1. The summed E-state index contributed by atoms with van der Waals surface area (Å²) in [7, 11) is 0. The van der Waals surface area contributed by atoms with Crippen LogP contribution in [0.25, 0.3) is 11.4 Å². The molecule has 0 spiro atoms. The Morgan fingerprint density at radius 2 is 2.45 bits per heavy atom. The highest BCUT2D eigenvalue weighted by atomic mass is 16.5. The predicted octanol–water partition coefficient (Wildman–Crippen LogP) is 0.623. The number of nitrogens with zero attached hydrogens (tertiary/aromatic N) is 1. The number of aromatic amines is 1. The van der Waals surface area contributed by atoms with Crippen LogP contribution in [0.15, 0.2) is 32.3 Å². The molecule has 0 fully saturated rings. The average Bonchev–Trinajstić information content (AvgIpc) is 2.55. The summed E-state index contributed by atoms with van der Waals surface area (Å²) in [6, 6.07) is 1.67. The van der Waals surface area contributed by atoms with Crippen molar-refractivity contribution in [3.05, 3.63) is 29.1 Å². The average molecular weight is 152 g/mol. The van der Waals surface area contributed by atoms with Crippen LogP contribution >= 0.6 is 0 Å². The minimum atomic E-state index is -0.568. The molecule has 2 heterocycles. The zero-order valence-electron chi connectivity index (χ0n) is 5.40. The largest absolute Gasteiger partial charge is 0.472 e. The fourth-order valence-electron chi connectivity index (χ4n) is 0.754. The molecule has 0 aliphatic carbocycles. The monoisotopic (exact) mass is 152 g/mol. The van der Waals surface area contributed by atoms with Gasteiger partial charge < -0.3 is 4.42 Å². The maximum atomic E-state index is 10.5. The van der Waals surface area contributed by atoms with Gasteiger partial charge in [-0.1, -0.05) is 5.16 Å². The Morgan fingerprint density at radius 1 is 1.55 bits per heavy atom. The predicted molar refractivity (Wildman–Crippen MR) is 34.8 cm³/mol. The molecule has 0 atom stereocenters. The molecule has 0 bridgehead atoms. The molecule has 0 saturated carbocycles. The summed E-state index contributed by atoms with van der Waals surface area (Å²) in [6.07, 6.45) is 2.95. The van der Waals surface area contributed by atoms with E-state index in [1.165, 1.54) is 12.5 Å². The Labute approximate surface area is 60.6 Å². The first kappa shape index (κ1) is 5.96. The quantitative estimate of drug-likeness (QED) is 0.650. The fraction of sp³-hybridized carbons (Fsp3) is 0. The normalized spacial score (nSPS) is 10.2. The third-order valence-corrected chi connectivity index (χ3v) is 1.23. The third kappa shape index (κ3) is 0.958. The van der Waals surface area contributed by atoms with Crippen LogP contribution < -0.4 is 5.76 Å². The molecule has 0 aliphatic heterocycles. The summed E-state index contributed by atoms with van der Waals surface area (Å²) in [5.41, 5.74) is 0.691. The van der Waals surface area contributed by atoms with Gasteiger partial charge in [0.05, 0.1) is 11.8 Å². The van der Waals surface area contributed by atoms with Crippen LogP contribution in [0.4, 0.5) is 0 Å². The van der Waals surface area contributed by atoms with Gasteiger partial charge in [-0.05, 0) is 6.07 Å². The van der Waals surface area contributed by atoms with E-state index >= 15 is 0 Å². The first-order chi connectivity index (χ1) is 5.36. The van der Waals surface area contributed by atoms with Crippen molar-refractivity contribution >= 4 is 0 Å². The second-order valence-corrected chi connectivity index (χ2v) is 1.96. The van der Waals surface area contributed by atoms with Crippen molar-refractivity contribution in [2.45, 2.75) is 0 Å². The molecule has 1 N–H and O–H groups in total. The summed E-state index contributed by atoms with van der Waals surface area (Å²) in [5, 5.41) is 3.46. The Kier molecular flexibility index (Phi) is 1.15. The summed E-state index contributed by atoms with van der Waals surface area (Å²) in [5.74, 6) is -0.190. The molecule has 2 aromatic heterocycles. The number of furan rings is 1. The molecule has 2 aromatic rings. The molecule has 0 unspecified atom stereocenters. The zero-order valence-corrected chi connectivity index (χ0v) is 5.40. The lowest BCUT2D eigenvalue weighted by atomic mass is 10.3. The van der Waals surface area contributed by atoms with E-state index < -0.39 is 5.76 Å². The topological polar surface area (TPSA) is 72.0 Å². The van der Waals surface area contributed by atoms with Gasteiger partial charge in [-0.2, -0.15) is 0 Å². The van der Waals surface area contributed by atoms with Gasteiger partial charge in [0.15, 0.2) is 5.82 Å². The summed E-state index contributed by atoms with van der Waals surface area (Å²) >= 11 is 0. The smallest absolute Gasteiger partial charge is 0.439 e. The fourth-order valence-corrected chi connectivity index (χ4v) is 0.754. The van der Waals surface area contributed by atoms with E-state index in [-0.39, 0.29) is 0 Å². The van der Waals surface area contributed by atoms with Gasteiger partial charge in [-0.15, -0.1) is 0 Å². The molecule has 11 heavy (non-hydrogen) atoms. The van der Waals surface area contributed by atoms with Crippen molar-refractivity contribution in [3.63, 3.8) is 0 Å². The molecule has 5 heteroatoms. The first-order valence-corrected chi connectivity index (χ1v) is 2.95. The van der Waals surface area contributed by atoms with E-state index in [2.05, 4.69) is 14.7 Å². The number of aromatic nitrogens is 2. The summed E-state index contributed by atoms with van der Waals surface area (Å²) in [6.45, 7) is 0. The number of H-pyrrole nitrogens is 1. The minimum Gasteiger partial charge on any atom is -0.472 e. The summed E-state index contributed by atoms with van der Waals surface area (Å²) < 4.78 is 9.06. The van der Waals surface area contributed by atoms with Gasteiger partial charge >= 0.3 is 5.76 Å². The van der Waals surface area contributed by atoms with E-state index in [0.717, 1.165) is 0 Å². The van der Waals surface area contributed by atoms with E-state index in [1.54, 1.807) is 6.07 Å². The lowest BCUT2D eigenvalue weighted by Crippen LogP contribution is -1.94. The zero-order chi connectivity index (χ0) is 7.68. The molecule has 56 valence electrons. The molecular weight excluding hydrogens is 148 g/mol. The molecule has 5 nitrogen and oxygen atoms in total. The van der Waals surface area contributed by atoms with Crippen molar-refractivity contribution < 1.29 is 8.94 Å². The van der Waals surface area contributed by atoms with Gasteiger partial charge in [0, 0.05) is 0 Å². The molecule has 0 aromatic carbocycles. The van der Waals surface area contributed by atoms with E-state index in [9.17, 15) is 4.79 Å². The van der Waals surface area contributed by atoms with Crippen LogP contribution in [0.1, 0.15) is 0 Å². The van der Waals surface area contributed by atoms with Crippen LogP contribution in [-0.2, 0) is 0 Å². The van der Waals surface area contributed by atoms with Crippen molar-refractivity contribution in [2.24, 2.45) is 0 Å². The Hall–Kier alpha value is -1.78. The van der Waals surface area contributed by atoms with Gasteiger partial charge in [0.1, 0.15) is 6.26 Å². The number of hydrogen-bond donors (Lipinski definition) is 1. The van der Waals surface area contributed by atoms with Crippen molar-refractivity contribution in [1.29, 1.82) is 0 Å². The molecule has 0 amide bonds. The van der Waals surface area contributed by atoms with Crippen molar-refractivity contribution in [3.8, 4) is 11.4 Å². The molecule has 2 rings (SSSR count). The van der Waals surface area contributed by atoms with E-state index in [4.69, 9.17) is 4.42 Å². The minimum absolute atomic E-state index is 0.378. The highest BCUT2D eigenvalue weighted by Gasteiger charge is 2.03. The standard InChI is InChI=1S/C6H4N2O3/c9-6-7-5(8-11-6)4-1-2-10-3-4/h1-3H,(H,7,8,9). The number of rotatable bonds is 1. The van der Waals surface area contributed by atoms with Crippen molar-refractivity contribution in [2.75, 3.05) is 0 Å². The second-order valence-electron chi connectivity index (χ2n) is 1.96. The van der Waals surface area contributed by atoms with Crippen LogP contribution in [0.3, 0.4) is 0 Å². The van der Waals surface area contributed by atoms with Crippen molar-refractivity contribution in [1.82, 2.24) is 10.1 Å². The highest BCUT2D eigenvalue weighted by Crippen LogP contribution is 2.11.